The molecule has 3 aromatic rings. The molecule has 0 bridgehead atoms. The molecular weight excluding hydrogens is 348 g/mol. The fraction of sp³-hybridized carbons (Fsp3) is 0.250. The van der Waals surface area contributed by atoms with Crippen LogP contribution >= 0.6 is 0 Å². The minimum absolute atomic E-state index is 0.0481. The average Bonchev–Trinajstić information content (AvgIpc) is 3.17. The zero-order valence-corrected chi connectivity index (χ0v) is 15.9. The fourth-order valence-corrected chi connectivity index (χ4v) is 3.66. The molecule has 4 nitrogen and oxygen atoms in total. The molecule has 4 heteroatoms. The van der Waals surface area contributed by atoms with Gasteiger partial charge in [-0.3, -0.25) is 9.59 Å². The molecule has 1 aliphatic heterocycles. The number of amides is 2. The van der Waals surface area contributed by atoms with Crippen LogP contribution in [-0.2, 0) is 22.6 Å². The number of hydrogen-bond donors (Lipinski definition) is 1. The molecule has 0 spiro atoms. The first-order valence-electron chi connectivity index (χ1n) is 9.83. The zero-order valence-electron chi connectivity index (χ0n) is 15.9. The highest BCUT2D eigenvalue weighted by Crippen LogP contribution is 2.21. The second-order valence-electron chi connectivity index (χ2n) is 7.27. The monoisotopic (exact) mass is 372 g/mol. The Morgan fingerprint density at radius 1 is 0.929 bits per heavy atom. The summed E-state index contributed by atoms with van der Waals surface area (Å²) in [5.74, 6) is 0.238. The smallest absolute Gasteiger partial charge is 0.227 e. The van der Waals surface area contributed by atoms with Crippen molar-refractivity contribution in [3.63, 3.8) is 0 Å². The zero-order chi connectivity index (χ0) is 19.3. The fourth-order valence-electron chi connectivity index (χ4n) is 3.66. The first-order valence-corrected chi connectivity index (χ1v) is 9.83. The van der Waals surface area contributed by atoms with Crippen molar-refractivity contribution in [2.75, 3.05) is 11.4 Å². The van der Waals surface area contributed by atoms with E-state index in [1.807, 2.05) is 41.3 Å². The molecule has 4 rings (SSSR count). The number of carbonyl (C=O) groups is 2. The van der Waals surface area contributed by atoms with Gasteiger partial charge < -0.3 is 10.2 Å². The summed E-state index contributed by atoms with van der Waals surface area (Å²) in [5, 5.41) is 5.41. The summed E-state index contributed by atoms with van der Waals surface area (Å²) in [5.41, 5.74) is 3.15. The minimum atomic E-state index is 0.0481. The van der Waals surface area contributed by atoms with E-state index in [0.717, 1.165) is 30.6 Å². The van der Waals surface area contributed by atoms with E-state index in [-0.39, 0.29) is 11.8 Å². The Kier molecular flexibility index (Phi) is 5.38. The SMILES string of the molecule is O=C(CCc1ccc2ccccc2c1)NCc1ccc(N2CCCC2=O)cc1. The van der Waals surface area contributed by atoms with Gasteiger partial charge >= 0.3 is 0 Å². The van der Waals surface area contributed by atoms with E-state index in [0.29, 0.717) is 19.4 Å². The molecule has 0 aromatic heterocycles. The third kappa shape index (κ3) is 4.22. The van der Waals surface area contributed by atoms with Gasteiger partial charge in [-0.2, -0.15) is 0 Å². The maximum Gasteiger partial charge on any atom is 0.227 e. The van der Waals surface area contributed by atoms with Crippen LogP contribution in [0.1, 0.15) is 30.4 Å². The lowest BCUT2D eigenvalue weighted by molar-refractivity contribution is -0.121. The predicted molar refractivity (Wildman–Crippen MR) is 112 cm³/mol. The quantitative estimate of drug-likeness (QED) is 0.704. The molecule has 3 aromatic carbocycles. The number of carbonyl (C=O) groups excluding carboxylic acids is 2. The van der Waals surface area contributed by atoms with Gasteiger partial charge in [0.05, 0.1) is 0 Å². The van der Waals surface area contributed by atoms with Gasteiger partial charge in [-0.15, -0.1) is 0 Å². The normalized spacial score (nSPS) is 13.9. The van der Waals surface area contributed by atoms with Crippen molar-refractivity contribution in [1.29, 1.82) is 0 Å². The number of fused-ring (bicyclic) bond motifs is 1. The van der Waals surface area contributed by atoms with Crippen molar-refractivity contribution in [1.82, 2.24) is 5.32 Å². The highest BCUT2D eigenvalue weighted by molar-refractivity contribution is 5.95. The lowest BCUT2D eigenvalue weighted by Crippen LogP contribution is -2.24. The first-order chi connectivity index (χ1) is 13.7. The summed E-state index contributed by atoms with van der Waals surface area (Å²) in [4.78, 5) is 25.8. The highest BCUT2D eigenvalue weighted by Gasteiger charge is 2.21. The van der Waals surface area contributed by atoms with Gasteiger partial charge in [0.25, 0.3) is 0 Å². The Morgan fingerprint density at radius 2 is 1.68 bits per heavy atom. The van der Waals surface area contributed by atoms with Crippen LogP contribution < -0.4 is 10.2 Å². The van der Waals surface area contributed by atoms with E-state index in [4.69, 9.17) is 0 Å². The number of anilines is 1. The van der Waals surface area contributed by atoms with Crippen molar-refractivity contribution in [2.45, 2.75) is 32.2 Å². The van der Waals surface area contributed by atoms with Gasteiger partial charge in [0.15, 0.2) is 0 Å². The summed E-state index contributed by atoms with van der Waals surface area (Å²) >= 11 is 0. The Labute approximate surface area is 165 Å². The maximum atomic E-state index is 12.2. The van der Waals surface area contributed by atoms with E-state index >= 15 is 0 Å². The second-order valence-corrected chi connectivity index (χ2v) is 7.27. The van der Waals surface area contributed by atoms with Crippen molar-refractivity contribution in [3.05, 3.63) is 77.9 Å². The lowest BCUT2D eigenvalue weighted by Gasteiger charge is -2.16. The van der Waals surface area contributed by atoms with Gasteiger partial charge in [-0.25, -0.2) is 0 Å². The minimum Gasteiger partial charge on any atom is -0.352 e. The molecule has 0 saturated carbocycles. The van der Waals surface area contributed by atoms with Crippen LogP contribution in [-0.4, -0.2) is 18.4 Å². The molecule has 0 radical (unpaired) electrons. The van der Waals surface area contributed by atoms with Gasteiger partial charge in [0.1, 0.15) is 0 Å². The molecule has 1 aliphatic rings. The first kappa shape index (κ1) is 18.2. The number of nitrogens with zero attached hydrogens (tertiary/aromatic N) is 1. The second kappa shape index (κ2) is 8.26. The van der Waals surface area contributed by atoms with Crippen LogP contribution in [0.15, 0.2) is 66.7 Å². The molecule has 2 amide bonds. The summed E-state index contributed by atoms with van der Waals surface area (Å²) in [6.07, 6.45) is 2.76. The standard InChI is InChI=1S/C24H24N2O2/c27-23(14-10-18-7-11-20-4-1-2-5-21(20)16-18)25-17-19-8-12-22(13-9-19)26-15-3-6-24(26)28/h1-2,4-5,7-9,11-13,16H,3,6,10,14-15,17H2,(H,25,27). The maximum absolute atomic E-state index is 12.2. The number of hydrogen-bond acceptors (Lipinski definition) is 2. The summed E-state index contributed by atoms with van der Waals surface area (Å²) in [6.45, 7) is 1.30. The number of aryl methyl sites for hydroxylation is 1. The number of rotatable bonds is 6. The van der Waals surface area contributed by atoms with Crippen LogP contribution in [0.5, 0.6) is 0 Å². The van der Waals surface area contributed by atoms with Crippen LogP contribution in [0, 0.1) is 0 Å². The van der Waals surface area contributed by atoms with E-state index in [2.05, 4.69) is 35.6 Å². The van der Waals surface area contributed by atoms with E-state index in [1.165, 1.54) is 16.3 Å². The molecule has 1 N–H and O–H groups in total. The summed E-state index contributed by atoms with van der Waals surface area (Å²) < 4.78 is 0. The van der Waals surface area contributed by atoms with Gasteiger partial charge in [-0.1, -0.05) is 54.6 Å². The van der Waals surface area contributed by atoms with Gasteiger partial charge in [0.2, 0.25) is 11.8 Å². The molecule has 1 fully saturated rings. The van der Waals surface area contributed by atoms with E-state index in [9.17, 15) is 9.59 Å². The average molecular weight is 372 g/mol. The van der Waals surface area contributed by atoms with Crippen LogP contribution in [0.2, 0.25) is 0 Å². The Hall–Kier alpha value is -3.14. The van der Waals surface area contributed by atoms with Gasteiger partial charge in [-0.05, 0) is 46.9 Å². The van der Waals surface area contributed by atoms with Crippen molar-refractivity contribution < 1.29 is 9.59 Å². The molecule has 1 saturated heterocycles. The third-order valence-electron chi connectivity index (χ3n) is 5.27. The number of nitrogens with one attached hydrogen (secondary N) is 1. The van der Waals surface area contributed by atoms with Crippen molar-refractivity contribution in [3.8, 4) is 0 Å². The molecule has 142 valence electrons. The highest BCUT2D eigenvalue weighted by atomic mass is 16.2. The summed E-state index contributed by atoms with van der Waals surface area (Å²) in [6, 6.07) is 22.5. The third-order valence-corrected chi connectivity index (χ3v) is 5.27. The molecular formula is C24H24N2O2. The van der Waals surface area contributed by atoms with Crippen molar-refractivity contribution in [2.24, 2.45) is 0 Å². The van der Waals surface area contributed by atoms with Crippen LogP contribution in [0.3, 0.4) is 0 Å². The Bertz CT molecular complexity index is 995. The number of benzene rings is 3. The van der Waals surface area contributed by atoms with Crippen LogP contribution in [0.4, 0.5) is 5.69 Å². The molecule has 0 unspecified atom stereocenters. The molecule has 1 heterocycles. The molecule has 0 atom stereocenters. The topological polar surface area (TPSA) is 49.4 Å². The van der Waals surface area contributed by atoms with Crippen molar-refractivity contribution >= 4 is 28.3 Å². The van der Waals surface area contributed by atoms with Gasteiger partial charge in [0, 0.05) is 31.6 Å². The van der Waals surface area contributed by atoms with E-state index in [1.54, 1.807) is 0 Å². The Balaban J connectivity index is 1.27. The Morgan fingerprint density at radius 3 is 2.43 bits per heavy atom. The largest absolute Gasteiger partial charge is 0.352 e. The van der Waals surface area contributed by atoms with E-state index < -0.39 is 0 Å². The predicted octanol–water partition coefficient (Wildman–Crippen LogP) is 4.22. The molecule has 28 heavy (non-hydrogen) atoms. The lowest BCUT2D eigenvalue weighted by atomic mass is 10.0. The molecule has 0 aliphatic carbocycles. The summed E-state index contributed by atoms with van der Waals surface area (Å²) in [7, 11) is 0. The van der Waals surface area contributed by atoms with Crippen LogP contribution in [0.25, 0.3) is 10.8 Å².